The van der Waals surface area contributed by atoms with Crippen LogP contribution >= 0.6 is 0 Å². The number of hydrogen-bond donors (Lipinski definition) is 1. The van der Waals surface area contributed by atoms with Crippen LogP contribution in [0.2, 0.25) is 0 Å². The fourth-order valence-corrected chi connectivity index (χ4v) is 4.83. The first-order valence-electron chi connectivity index (χ1n) is 11.0. The highest BCUT2D eigenvalue weighted by Crippen LogP contribution is 2.33. The molecule has 0 bridgehead atoms. The van der Waals surface area contributed by atoms with Gasteiger partial charge < -0.3 is 9.88 Å². The zero-order valence-electron chi connectivity index (χ0n) is 17.6. The summed E-state index contributed by atoms with van der Waals surface area (Å²) in [6.07, 6.45) is 3.78. The molecule has 31 heavy (non-hydrogen) atoms. The Bertz CT molecular complexity index is 1080. The van der Waals surface area contributed by atoms with E-state index in [1.807, 2.05) is 11.0 Å². The lowest BCUT2D eigenvalue weighted by Gasteiger charge is -2.34. The average Bonchev–Trinajstić information content (AvgIpc) is 3.51. The number of fused-ring (bicyclic) bond motifs is 1. The van der Waals surface area contributed by atoms with Crippen molar-refractivity contribution >= 4 is 11.7 Å². The largest absolute Gasteiger partial charge is 0.356 e. The van der Waals surface area contributed by atoms with E-state index in [9.17, 15) is 9.59 Å². The minimum absolute atomic E-state index is 0.00686. The fourth-order valence-electron chi connectivity index (χ4n) is 4.83. The number of nitrogens with one attached hydrogen (secondary N) is 1. The van der Waals surface area contributed by atoms with Gasteiger partial charge in [0.15, 0.2) is 5.78 Å². The maximum Gasteiger partial charge on any atom is 0.270 e. The van der Waals surface area contributed by atoms with Crippen LogP contribution in [0.15, 0.2) is 66.9 Å². The Morgan fingerprint density at radius 1 is 0.968 bits per heavy atom. The summed E-state index contributed by atoms with van der Waals surface area (Å²) in [5.41, 5.74) is 4.98. The van der Waals surface area contributed by atoms with E-state index >= 15 is 0 Å². The quantitative estimate of drug-likeness (QED) is 0.641. The molecule has 3 aromatic rings. The second-order valence-electron chi connectivity index (χ2n) is 8.56. The molecule has 2 aliphatic heterocycles. The third-order valence-electron chi connectivity index (χ3n) is 6.46. The van der Waals surface area contributed by atoms with E-state index in [0.29, 0.717) is 17.8 Å². The molecule has 0 radical (unpaired) electrons. The second kappa shape index (κ2) is 8.52. The van der Waals surface area contributed by atoms with Crippen LogP contribution in [0.3, 0.4) is 0 Å². The van der Waals surface area contributed by atoms with Gasteiger partial charge in [0.1, 0.15) is 5.69 Å². The fraction of sp³-hybridized carbons (Fsp3) is 0.308. The molecular formula is C26H27N3O2. The van der Waals surface area contributed by atoms with Gasteiger partial charge in [0.25, 0.3) is 5.91 Å². The first kappa shape index (κ1) is 19.8. The average molecular weight is 414 g/mol. The van der Waals surface area contributed by atoms with Crippen LogP contribution in [0.4, 0.5) is 0 Å². The number of likely N-dealkylation sites (tertiary alicyclic amines) is 1. The predicted molar refractivity (Wildman–Crippen MR) is 120 cm³/mol. The summed E-state index contributed by atoms with van der Waals surface area (Å²) in [5, 5.41) is 0. The summed E-state index contributed by atoms with van der Waals surface area (Å²) in [4.78, 5) is 32.7. The molecular weight excluding hydrogens is 386 g/mol. The van der Waals surface area contributed by atoms with Crippen molar-refractivity contribution < 1.29 is 9.59 Å². The van der Waals surface area contributed by atoms with Gasteiger partial charge in [-0.05, 0) is 35.6 Å². The number of aromatic nitrogens is 1. The molecule has 1 amide bonds. The number of aromatic amines is 1. The number of amides is 1. The van der Waals surface area contributed by atoms with Gasteiger partial charge in [0, 0.05) is 43.9 Å². The Morgan fingerprint density at radius 2 is 1.71 bits per heavy atom. The van der Waals surface area contributed by atoms with Crippen LogP contribution in [-0.2, 0) is 6.54 Å². The lowest BCUT2D eigenvalue weighted by atomic mass is 9.84. The van der Waals surface area contributed by atoms with Crippen LogP contribution in [0, 0.1) is 0 Å². The zero-order valence-corrected chi connectivity index (χ0v) is 17.6. The van der Waals surface area contributed by atoms with Gasteiger partial charge in [-0.2, -0.15) is 0 Å². The molecule has 2 aromatic carbocycles. The van der Waals surface area contributed by atoms with Gasteiger partial charge in [-0.15, -0.1) is 0 Å². The summed E-state index contributed by atoms with van der Waals surface area (Å²) < 4.78 is 0. The third kappa shape index (κ3) is 4.06. The van der Waals surface area contributed by atoms with E-state index in [0.717, 1.165) is 39.0 Å². The highest BCUT2D eigenvalue weighted by molar-refractivity contribution is 6.01. The number of rotatable bonds is 5. The molecule has 1 N–H and O–H groups in total. The predicted octanol–water partition coefficient (Wildman–Crippen LogP) is 4.08. The minimum Gasteiger partial charge on any atom is -0.356 e. The third-order valence-corrected chi connectivity index (χ3v) is 6.46. The van der Waals surface area contributed by atoms with Gasteiger partial charge in [0.2, 0.25) is 0 Å². The molecule has 0 aliphatic carbocycles. The lowest BCUT2D eigenvalue weighted by molar-refractivity contribution is 0.0787. The number of hydrogen-bond acceptors (Lipinski definition) is 3. The Labute approximate surface area is 182 Å². The smallest absolute Gasteiger partial charge is 0.270 e. The summed E-state index contributed by atoms with van der Waals surface area (Å²) in [5.74, 6) is 0.285. The van der Waals surface area contributed by atoms with Crippen LogP contribution < -0.4 is 0 Å². The number of ketones is 1. The van der Waals surface area contributed by atoms with Crippen molar-refractivity contribution in [1.29, 1.82) is 0 Å². The monoisotopic (exact) mass is 413 g/mol. The minimum atomic E-state index is -0.00686. The number of Topliss-reactive ketones (excluding diaryl/α,β-unsaturated/α-hetero) is 1. The SMILES string of the molecule is O=C(CN1Cc2ccccc2C(c2ccccc2)C1)c1c[nH]c(C(=O)N2CCCC2)c1. The molecule has 1 fully saturated rings. The molecule has 158 valence electrons. The molecule has 0 spiro atoms. The van der Waals surface area contributed by atoms with Crippen LogP contribution in [0.1, 0.15) is 56.3 Å². The molecule has 5 heteroatoms. The van der Waals surface area contributed by atoms with E-state index in [-0.39, 0.29) is 17.6 Å². The van der Waals surface area contributed by atoms with Crippen molar-refractivity contribution in [2.75, 3.05) is 26.2 Å². The van der Waals surface area contributed by atoms with Gasteiger partial charge in [0.05, 0.1) is 6.54 Å². The van der Waals surface area contributed by atoms with E-state index < -0.39 is 0 Å². The highest BCUT2D eigenvalue weighted by atomic mass is 16.2. The first-order valence-corrected chi connectivity index (χ1v) is 11.0. The Balaban J connectivity index is 1.32. The number of nitrogens with zero attached hydrogens (tertiary/aromatic N) is 2. The molecule has 0 saturated carbocycles. The molecule has 2 aliphatic rings. The molecule has 3 heterocycles. The number of H-pyrrole nitrogens is 1. The van der Waals surface area contributed by atoms with E-state index in [1.165, 1.54) is 16.7 Å². The summed E-state index contributed by atoms with van der Waals surface area (Å²) in [6.45, 7) is 3.50. The van der Waals surface area contributed by atoms with Gasteiger partial charge in [-0.1, -0.05) is 54.6 Å². The van der Waals surface area contributed by atoms with Crippen molar-refractivity contribution in [3.8, 4) is 0 Å². The first-order chi connectivity index (χ1) is 15.2. The molecule has 5 nitrogen and oxygen atoms in total. The topological polar surface area (TPSA) is 56.4 Å². The van der Waals surface area contributed by atoms with Crippen molar-refractivity contribution in [3.05, 3.63) is 94.8 Å². The molecule has 1 unspecified atom stereocenters. The van der Waals surface area contributed by atoms with E-state index in [4.69, 9.17) is 0 Å². The van der Waals surface area contributed by atoms with Gasteiger partial charge in [-0.25, -0.2) is 0 Å². The summed E-state index contributed by atoms with van der Waals surface area (Å²) in [7, 11) is 0. The van der Waals surface area contributed by atoms with Crippen molar-refractivity contribution in [1.82, 2.24) is 14.8 Å². The molecule has 1 saturated heterocycles. The van der Waals surface area contributed by atoms with Crippen molar-refractivity contribution in [2.45, 2.75) is 25.3 Å². The standard InChI is InChI=1S/C26H27N3O2/c30-25(21-14-24(27-15-21)26(31)29-12-6-7-13-29)18-28-16-20-10-4-5-11-22(20)23(17-28)19-8-2-1-3-9-19/h1-5,8-11,14-15,23,27H,6-7,12-13,16-18H2. The maximum absolute atomic E-state index is 13.0. The van der Waals surface area contributed by atoms with Crippen molar-refractivity contribution in [3.63, 3.8) is 0 Å². The number of benzene rings is 2. The van der Waals surface area contributed by atoms with Gasteiger partial charge in [-0.3, -0.25) is 14.5 Å². The molecule has 1 atom stereocenters. The number of carbonyl (C=O) groups excluding carboxylic acids is 2. The van der Waals surface area contributed by atoms with E-state index in [2.05, 4.69) is 58.4 Å². The number of carbonyl (C=O) groups is 2. The highest BCUT2D eigenvalue weighted by Gasteiger charge is 2.28. The summed E-state index contributed by atoms with van der Waals surface area (Å²) >= 11 is 0. The van der Waals surface area contributed by atoms with Gasteiger partial charge >= 0.3 is 0 Å². The Hall–Kier alpha value is -3.18. The second-order valence-corrected chi connectivity index (χ2v) is 8.56. The van der Waals surface area contributed by atoms with Crippen LogP contribution in [-0.4, -0.2) is 52.7 Å². The van der Waals surface area contributed by atoms with Crippen LogP contribution in [0.25, 0.3) is 0 Å². The van der Waals surface area contributed by atoms with E-state index in [1.54, 1.807) is 12.3 Å². The van der Waals surface area contributed by atoms with Crippen molar-refractivity contribution in [2.24, 2.45) is 0 Å². The molecule has 5 rings (SSSR count). The zero-order chi connectivity index (χ0) is 21.2. The Morgan fingerprint density at radius 3 is 2.52 bits per heavy atom. The normalized spacial score (nSPS) is 18.7. The Kier molecular flexibility index (Phi) is 5.43. The maximum atomic E-state index is 13.0. The lowest BCUT2D eigenvalue weighted by Crippen LogP contribution is -2.37. The van der Waals surface area contributed by atoms with Crippen LogP contribution in [0.5, 0.6) is 0 Å². The summed E-state index contributed by atoms with van der Waals surface area (Å²) in [6, 6.07) is 20.7. The molecule has 1 aromatic heterocycles.